The van der Waals surface area contributed by atoms with Crippen LogP contribution in [0.1, 0.15) is 28.2 Å². The van der Waals surface area contributed by atoms with Gasteiger partial charge >= 0.3 is 0 Å². The van der Waals surface area contributed by atoms with Gasteiger partial charge in [0.1, 0.15) is 12.0 Å². The van der Waals surface area contributed by atoms with Crippen molar-refractivity contribution in [1.82, 2.24) is 19.7 Å². The van der Waals surface area contributed by atoms with Crippen molar-refractivity contribution in [2.75, 3.05) is 5.32 Å². The number of oxazole rings is 1. The van der Waals surface area contributed by atoms with Gasteiger partial charge in [0.25, 0.3) is 12.3 Å². The molecule has 8 nitrogen and oxygen atoms in total. The molecule has 0 saturated heterocycles. The Labute approximate surface area is 168 Å². The summed E-state index contributed by atoms with van der Waals surface area (Å²) in [6.07, 6.45) is 2.34. The van der Waals surface area contributed by atoms with Gasteiger partial charge in [-0.2, -0.15) is 5.10 Å². The molecular formula is C20H15F2N5O3. The molecule has 4 rings (SSSR count). The predicted molar refractivity (Wildman–Crippen MR) is 102 cm³/mol. The van der Waals surface area contributed by atoms with Crippen molar-refractivity contribution in [2.24, 2.45) is 0 Å². The van der Waals surface area contributed by atoms with Gasteiger partial charge in [0.2, 0.25) is 0 Å². The molecule has 0 unspecified atom stereocenters. The third-order valence-corrected chi connectivity index (χ3v) is 4.29. The summed E-state index contributed by atoms with van der Waals surface area (Å²) in [4.78, 5) is 20.0. The van der Waals surface area contributed by atoms with Gasteiger partial charge in [0.05, 0.1) is 18.0 Å². The minimum absolute atomic E-state index is 0.0841. The zero-order chi connectivity index (χ0) is 21.1. The van der Waals surface area contributed by atoms with Crippen LogP contribution in [-0.4, -0.2) is 30.8 Å². The van der Waals surface area contributed by atoms with Crippen LogP contribution < -0.4 is 5.32 Å². The molecule has 0 spiro atoms. The first kappa shape index (κ1) is 19.4. The summed E-state index contributed by atoms with van der Waals surface area (Å²) in [5, 5.41) is 15.8. The number of amides is 1. The summed E-state index contributed by atoms with van der Waals surface area (Å²) < 4.78 is 33.4. The van der Waals surface area contributed by atoms with Gasteiger partial charge < -0.3 is 14.8 Å². The van der Waals surface area contributed by atoms with E-state index in [1.54, 1.807) is 24.3 Å². The fraction of sp³-hybridized carbons (Fsp3) is 0.100. The first-order valence-electron chi connectivity index (χ1n) is 8.79. The lowest BCUT2D eigenvalue weighted by Gasteiger charge is -2.05. The summed E-state index contributed by atoms with van der Waals surface area (Å²) >= 11 is 0. The molecule has 10 heteroatoms. The summed E-state index contributed by atoms with van der Waals surface area (Å²) in [6, 6.07) is 9.69. The van der Waals surface area contributed by atoms with E-state index in [1.165, 1.54) is 35.5 Å². The zero-order valence-electron chi connectivity index (χ0n) is 15.4. The molecule has 2 N–H and O–H groups in total. The molecule has 30 heavy (non-hydrogen) atoms. The lowest BCUT2D eigenvalue weighted by atomic mass is 10.1. The average Bonchev–Trinajstić information content (AvgIpc) is 3.44. The quantitative estimate of drug-likeness (QED) is 0.502. The highest BCUT2D eigenvalue weighted by Gasteiger charge is 2.21. The highest BCUT2D eigenvalue weighted by atomic mass is 19.3. The topological polar surface area (TPSA) is 106 Å². The standard InChI is InChI=1S/C20H15F2N5O3/c21-19(22)18-15(8-27(26-18)14-3-1-12(9-28)2-4-14)16-7-13(5-6-23-16)25-20(29)17-10-30-11-24-17/h1-8,10-11,19,28H,9H2,(H,23,25,29). The van der Waals surface area contributed by atoms with Crippen LogP contribution >= 0.6 is 0 Å². The van der Waals surface area contributed by atoms with Crippen molar-refractivity contribution in [1.29, 1.82) is 0 Å². The molecule has 0 saturated carbocycles. The molecule has 0 aliphatic carbocycles. The Bertz CT molecular complexity index is 1160. The van der Waals surface area contributed by atoms with Crippen molar-refractivity contribution in [3.63, 3.8) is 0 Å². The van der Waals surface area contributed by atoms with Crippen LogP contribution in [-0.2, 0) is 6.61 Å². The minimum Gasteiger partial charge on any atom is -0.451 e. The van der Waals surface area contributed by atoms with E-state index < -0.39 is 18.0 Å². The number of carbonyl (C=O) groups is 1. The Morgan fingerprint density at radius 2 is 2.00 bits per heavy atom. The predicted octanol–water partition coefficient (Wildman–Crippen LogP) is 3.60. The number of hydrogen-bond acceptors (Lipinski definition) is 6. The third-order valence-electron chi connectivity index (χ3n) is 4.29. The van der Waals surface area contributed by atoms with Crippen LogP contribution in [0.2, 0.25) is 0 Å². The van der Waals surface area contributed by atoms with Gasteiger partial charge in [-0.15, -0.1) is 0 Å². The Morgan fingerprint density at radius 1 is 1.20 bits per heavy atom. The van der Waals surface area contributed by atoms with Gasteiger partial charge in [-0.3, -0.25) is 9.78 Å². The molecule has 0 aliphatic rings. The number of rotatable bonds is 6. The monoisotopic (exact) mass is 411 g/mol. The molecule has 0 bridgehead atoms. The van der Waals surface area contributed by atoms with Gasteiger partial charge in [0.15, 0.2) is 12.1 Å². The number of nitrogens with one attached hydrogen (secondary N) is 1. The molecule has 0 fully saturated rings. The Hall–Kier alpha value is -3.92. The van der Waals surface area contributed by atoms with Crippen LogP contribution in [0.25, 0.3) is 16.9 Å². The molecule has 3 heterocycles. The second-order valence-corrected chi connectivity index (χ2v) is 6.26. The number of hydrogen-bond donors (Lipinski definition) is 2. The molecular weight excluding hydrogens is 396 g/mol. The van der Waals surface area contributed by atoms with E-state index in [4.69, 9.17) is 9.52 Å². The van der Waals surface area contributed by atoms with Gasteiger partial charge in [-0.25, -0.2) is 18.4 Å². The van der Waals surface area contributed by atoms with E-state index >= 15 is 0 Å². The van der Waals surface area contributed by atoms with Crippen LogP contribution in [0.3, 0.4) is 0 Å². The van der Waals surface area contributed by atoms with E-state index in [-0.39, 0.29) is 23.6 Å². The van der Waals surface area contributed by atoms with E-state index in [9.17, 15) is 13.6 Å². The van der Waals surface area contributed by atoms with Gasteiger partial charge in [-0.1, -0.05) is 12.1 Å². The number of aliphatic hydroxyl groups excluding tert-OH is 1. The van der Waals surface area contributed by atoms with Crippen molar-refractivity contribution in [3.8, 4) is 16.9 Å². The first-order chi connectivity index (χ1) is 14.5. The molecule has 0 radical (unpaired) electrons. The van der Waals surface area contributed by atoms with Crippen LogP contribution in [0, 0.1) is 0 Å². The number of aromatic nitrogens is 4. The van der Waals surface area contributed by atoms with E-state index in [1.807, 2.05) is 0 Å². The van der Waals surface area contributed by atoms with Crippen molar-refractivity contribution < 1.29 is 23.1 Å². The van der Waals surface area contributed by atoms with Gasteiger partial charge in [0, 0.05) is 23.6 Å². The van der Waals surface area contributed by atoms with E-state index in [2.05, 4.69) is 20.4 Å². The number of pyridine rings is 1. The number of anilines is 1. The highest BCUT2D eigenvalue weighted by Crippen LogP contribution is 2.31. The van der Waals surface area contributed by atoms with Crippen LogP contribution in [0.4, 0.5) is 14.5 Å². The van der Waals surface area contributed by atoms with Crippen molar-refractivity contribution >= 4 is 11.6 Å². The summed E-state index contributed by atoms with van der Waals surface area (Å²) in [6.45, 7) is -0.121. The Balaban J connectivity index is 1.67. The fourth-order valence-corrected chi connectivity index (χ4v) is 2.81. The highest BCUT2D eigenvalue weighted by molar-refractivity contribution is 6.02. The van der Waals surface area contributed by atoms with Crippen molar-refractivity contribution in [3.05, 3.63) is 78.4 Å². The smallest absolute Gasteiger partial charge is 0.282 e. The molecule has 3 aromatic heterocycles. The fourth-order valence-electron chi connectivity index (χ4n) is 2.81. The summed E-state index contributed by atoms with van der Waals surface area (Å²) in [7, 11) is 0. The SMILES string of the molecule is O=C(Nc1ccnc(-c2cn(-c3ccc(CO)cc3)nc2C(F)F)c1)c1cocn1. The number of benzene rings is 1. The van der Waals surface area contributed by atoms with Crippen LogP contribution in [0.5, 0.6) is 0 Å². The second-order valence-electron chi connectivity index (χ2n) is 6.26. The second kappa shape index (κ2) is 8.21. The Kier molecular flexibility index (Phi) is 5.31. The first-order valence-corrected chi connectivity index (χ1v) is 8.79. The lowest BCUT2D eigenvalue weighted by molar-refractivity contribution is 0.102. The molecule has 1 amide bonds. The maximum atomic E-state index is 13.6. The molecule has 0 aliphatic heterocycles. The number of aliphatic hydroxyl groups is 1. The van der Waals surface area contributed by atoms with E-state index in [0.29, 0.717) is 16.9 Å². The zero-order valence-corrected chi connectivity index (χ0v) is 15.4. The van der Waals surface area contributed by atoms with Gasteiger partial charge in [-0.05, 0) is 29.8 Å². The molecule has 0 atom stereocenters. The summed E-state index contributed by atoms with van der Waals surface area (Å²) in [5.74, 6) is -0.505. The number of alkyl halides is 2. The van der Waals surface area contributed by atoms with Crippen LogP contribution in [0.15, 0.2) is 65.9 Å². The summed E-state index contributed by atoms with van der Waals surface area (Å²) in [5.41, 5.74) is 1.60. The van der Waals surface area contributed by atoms with Crippen molar-refractivity contribution in [2.45, 2.75) is 13.0 Å². The molecule has 1 aromatic carbocycles. The lowest BCUT2D eigenvalue weighted by Crippen LogP contribution is -2.12. The minimum atomic E-state index is -2.83. The normalized spacial score (nSPS) is 11.1. The third kappa shape index (κ3) is 3.94. The molecule has 4 aromatic rings. The van der Waals surface area contributed by atoms with E-state index in [0.717, 1.165) is 6.39 Å². The Morgan fingerprint density at radius 3 is 2.67 bits per heavy atom. The largest absolute Gasteiger partial charge is 0.451 e. The number of carbonyl (C=O) groups excluding carboxylic acids is 1. The number of nitrogens with zero attached hydrogens (tertiary/aromatic N) is 4. The number of halogens is 2. The average molecular weight is 411 g/mol. The molecule has 152 valence electrons. The maximum Gasteiger partial charge on any atom is 0.282 e. The maximum absolute atomic E-state index is 13.6.